The number of benzene rings is 1. The summed E-state index contributed by atoms with van der Waals surface area (Å²) in [7, 11) is 0. The van der Waals surface area contributed by atoms with E-state index in [1.165, 1.54) is 21.0 Å². The molecule has 2 atom stereocenters. The first-order valence-electron chi connectivity index (χ1n) is 8.57. The summed E-state index contributed by atoms with van der Waals surface area (Å²) in [4.78, 5) is 10.1. The highest BCUT2D eigenvalue weighted by molar-refractivity contribution is 7.11. The minimum absolute atomic E-state index is 0.290. The van der Waals surface area contributed by atoms with Crippen LogP contribution in [0.25, 0.3) is 0 Å². The van der Waals surface area contributed by atoms with Gasteiger partial charge in [0.25, 0.3) is 0 Å². The Balaban J connectivity index is 1.60. The van der Waals surface area contributed by atoms with Crippen LogP contribution in [0.4, 0.5) is 0 Å². The first-order valence-corrected chi connectivity index (χ1v) is 9.39. The third kappa shape index (κ3) is 3.01. The number of nitrogens with zero attached hydrogens (tertiary/aromatic N) is 3. The van der Waals surface area contributed by atoms with E-state index in [2.05, 4.69) is 57.2 Å². The van der Waals surface area contributed by atoms with Crippen LogP contribution in [0.15, 0.2) is 49.2 Å². The van der Waals surface area contributed by atoms with Gasteiger partial charge in [-0.1, -0.05) is 31.2 Å². The van der Waals surface area contributed by atoms with Crippen LogP contribution in [-0.4, -0.2) is 14.5 Å². The highest BCUT2D eigenvalue weighted by atomic mass is 32.1. The molecule has 2 heterocycles. The van der Waals surface area contributed by atoms with E-state index >= 15 is 0 Å². The monoisotopic (exact) mass is 338 g/mol. The van der Waals surface area contributed by atoms with Crippen LogP contribution in [-0.2, 0) is 19.4 Å². The van der Waals surface area contributed by atoms with E-state index in [9.17, 15) is 0 Å². The molecule has 0 radical (unpaired) electrons. The van der Waals surface area contributed by atoms with Gasteiger partial charge in [-0.05, 0) is 30.4 Å². The summed E-state index contributed by atoms with van der Waals surface area (Å²) in [6, 6.07) is 9.48. The first-order chi connectivity index (χ1) is 11.8. The van der Waals surface area contributed by atoms with Crippen LogP contribution in [0.3, 0.4) is 0 Å². The number of hydrogen-bond acceptors (Lipinski definition) is 4. The van der Waals surface area contributed by atoms with Gasteiger partial charge in [-0.15, -0.1) is 11.3 Å². The molecular formula is C19H22N4S. The number of rotatable bonds is 5. The van der Waals surface area contributed by atoms with Gasteiger partial charge in [0.2, 0.25) is 0 Å². The van der Waals surface area contributed by atoms with Crippen molar-refractivity contribution in [3.8, 4) is 0 Å². The highest BCUT2D eigenvalue weighted by Gasteiger charge is 2.30. The summed E-state index contributed by atoms with van der Waals surface area (Å²) in [5, 5.41) is 4.94. The summed E-state index contributed by atoms with van der Waals surface area (Å²) >= 11 is 1.81. The summed E-state index contributed by atoms with van der Waals surface area (Å²) < 4.78 is 2.24. The number of hydrogen-bond donors (Lipinski definition) is 1. The molecule has 2 unspecified atom stereocenters. The molecule has 0 amide bonds. The van der Waals surface area contributed by atoms with Crippen molar-refractivity contribution in [3.05, 3.63) is 70.2 Å². The van der Waals surface area contributed by atoms with Crippen LogP contribution in [0, 0.1) is 0 Å². The van der Waals surface area contributed by atoms with Gasteiger partial charge >= 0.3 is 0 Å². The largest absolute Gasteiger partial charge is 0.333 e. The third-order valence-electron chi connectivity index (χ3n) is 4.82. The van der Waals surface area contributed by atoms with Crippen molar-refractivity contribution in [2.45, 2.75) is 44.8 Å². The van der Waals surface area contributed by atoms with Crippen molar-refractivity contribution in [3.63, 3.8) is 0 Å². The molecule has 5 heteroatoms. The smallest absolute Gasteiger partial charge is 0.107 e. The fourth-order valence-corrected chi connectivity index (χ4v) is 4.38. The molecule has 1 aliphatic rings. The van der Waals surface area contributed by atoms with Crippen LogP contribution in [0.1, 0.15) is 46.4 Å². The Bertz CT molecular complexity index is 793. The molecule has 0 bridgehead atoms. The number of aryl methyl sites for hydroxylation is 2. The first kappa shape index (κ1) is 15.5. The third-order valence-corrected chi connectivity index (χ3v) is 5.96. The predicted molar refractivity (Wildman–Crippen MR) is 97.1 cm³/mol. The molecule has 0 saturated heterocycles. The van der Waals surface area contributed by atoms with Gasteiger partial charge in [0.05, 0.1) is 18.4 Å². The van der Waals surface area contributed by atoms with Gasteiger partial charge in [-0.25, -0.2) is 9.97 Å². The van der Waals surface area contributed by atoms with E-state index in [0.29, 0.717) is 6.04 Å². The van der Waals surface area contributed by atoms with Crippen molar-refractivity contribution in [1.29, 1.82) is 0 Å². The maximum absolute atomic E-state index is 4.55. The molecule has 1 aliphatic carbocycles. The minimum atomic E-state index is 0.290. The molecular weight excluding hydrogens is 316 g/mol. The number of fused-ring (bicyclic) bond motifs is 1. The number of nitrogens with one attached hydrogen (secondary N) is 1. The molecule has 0 spiro atoms. The lowest BCUT2D eigenvalue weighted by Crippen LogP contribution is -2.33. The molecule has 124 valence electrons. The zero-order chi connectivity index (χ0) is 16.4. The summed E-state index contributed by atoms with van der Waals surface area (Å²) in [6.07, 6.45) is 11.2. The Labute approximate surface area is 146 Å². The Kier molecular flexibility index (Phi) is 4.45. The number of aromatic nitrogens is 3. The van der Waals surface area contributed by atoms with Gasteiger partial charge in [0.15, 0.2) is 0 Å². The van der Waals surface area contributed by atoms with E-state index in [1.807, 2.05) is 30.1 Å². The van der Waals surface area contributed by atoms with E-state index in [0.717, 1.165) is 25.8 Å². The van der Waals surface area contributed by atoms with Crippen LogP contribution < -0.4 is 5.32 Å². The molecule has 0 fully saturated rings. The summed E-state index contributed by atoms with van der Waals surface area (Å²) in [5.74, 6) is 0. The van der Waals surface area contributed by atoms with E-state index in [4.69, 9.17) is 0 Å². The average Bonchev–Trinajstić information content (AvgIpc) is 3.31. The van der Waals surface area contributed by atoms with Gasteiger partial charge in [-0.3, -0.25) is 0 Å². The fourth-order valence-electron chi connectivity index (χ4n) is 3.57. The van der Waals surface area contributed by atoms with Gasteiger partial charge in [0.1, 0.15) is 5.01 Å². The Morgan fingerprint density at radius 1 is 1.33 bits per heavy atom. The Morgan fingerprint density at radius 2 is 2.25 bits per heavy atom. The average molecular weight is 338 g/mol. The topological polar surface area (TPSA) is 42.7 Å². The van der Waals surface area contributed by atoms with Crippen molar-refractivity contribution < 1.29 is 0 Å². The van der Waals surface area contributed by atoms with Gasteiger partial charge < -0.3 is 9.88 Å². The SMILES string of the molecule is CCc1cnc(CNC2c3ccccc3CCC2n2ccnc2)s1. The normalized spacial score (nSPS) is 20.0. The number of imidazole rings is 1. The molecule has 3 aromatic rings. The quantitative estimate of drug-likeness (QED) is 0.767. The molecule has 4 rings (SSSR count). The molecule has 2 aromatic heterocycles. The zero-order valence-corrected chi connectivity index (χ0v) is 14.7. The van der Waals surface area contributed by atoms with Crippen LogP contribution in [0.5, 0.6) is 0 Å². The lowest BCUT2D eigenvalue weighted by molar-refractivity contribution is 0.315. The highest BCUT2D eigenvalue weighted by Crippen LogP contribution is 2.37. The maximum atomic E-state index is 4.55. The molecule has 1 aromatic carbocycles. The Morgan fingerprint density at radius 3 is 3.04 bits per heavy atom. The zero-order valence-electron chi connectivity index (χ0n) is 13.9. The van der Waals surface area contributed by atoms with Crippen LogP contribution >= 0.6 is 11.3 Å². The summed E-state index contributed by atoms with van der Waals surface area (Å²) in [6.45, 7) is 2.99. The van der Waals surface area contributed by atoms with Crippen molar-refractivity contribution in [1.82, 2.24) is 19.9 Å². The lowest BCUT2D eigenvalue weighted by Gasteiger charge is -2.35. The standard InChI is InChI=1S/C19H22N4S/c1-2-15-11-21-18(24-15)12-22-19-16-6-4-3-5-14(16)7-8-17(19)23-10-9-20-13-23/h3-6,9-11,13,17,19,22H,2,7-8,12H2,1H3. The summed E-state index contributed by atoms with van der Waals surface area (Å²) in [5.41, 5.74) is 2.87. The Hall–Kier alpha value is -1.98. The van der Waals surface area contributed by atoms with E-state index < -0.39 is 0 Å². The van der Waals surface area contributed by atoms with Gasteiger partial charge in [-0.2, -0.15) is 0 Å². The molecule has 0 saturated carbocycles. The molecule has 4 nitrogen and oxygen atoms in total. The predicted octanol–water partition coefficient (Wildman–Crippen LogP) is 3.92. The van der Waals surface area contributed by atoms with Crippen molar-refractivity contribution in [2.24, 2.45) is 0 Å². The fraction of sp³-hybridized carbons (Fsp3) is 0.368. The van der Waals surface area contributed by atoms with Crippen molar-refractivity contribution >= 4 is 11.3 Å². The molecule has 1 N–H and O–H groups in total. The van der Waals surface area contributed by atoms with E-state index in [-0.39, 0.29) is 6.04 Å². The second-order valence-corrected chi connectivity index (χ2v) is 7.45. The number of thiazole rings is 1. The van der Waals surface area contributed by atoms with Crippen molar-refractivity contribution in [2.75, 3.05) is 0 Å². The lowest BCUT2D eigenvalue weighted by atomic mass is 9.84. The van der Waals surface area contributed by atoms with Crippen LogP contribution in [0.2, 0.25) is 0 Å². The van der Waals surface area contributed by atoms with E-state index in [1.54, 1.807) is 0 Å². The molecule has 0 aliphatic heterocycles. The maximum Gasteiger partial charge on any atom is 0.107 e. The van der Waals surface area contributed by atoms with Gasteiger partial charge in [0, 0.05) is 30.0 Å². The minimum Gasteiger partial charge on any atom is -0.333 e. The molecule has 24 heavy (non-hydrogen) atoms. The second-order valence-electron chi connectivity index (χ2n) is 6.25. The second kappa shape index (κ2) is 6.87.